The standard InChI is InChI=1S/C13H25N3/c1-13(15,12-14)8-7-11-16-9-5-3-2-4-6-10-16/h2-11,15H2,1H3. The van der Waals surface area contributed by atoms with Crippen molar-refractivity contribution in [1.29, 1.82) is 5.26 Å². The summed E-state index contributed by atoms with van der Waals surface area (Å²) in [5, 5.41) is 8.82. The first-order valence-electron chi connectivity index (χ1n) is 6.56. The van der Waals surface area contributed by atoms with Gasteiger partial charge in [0.1, 0.15) is 5.54 Å². The largest absolute Gasteiger partial charge is 0.314 e. The number of nitrogens with two attached hydrogens (primary N) is 1. The maximum absolute atomic E-state index is 8.82. The Labute approximate surface area is 99.6 Å². The molecule has 3 nitrogen and oxygen atoms in total. The smallest absolute Gasteiger partial charge is 0.101 e. The van der Waals surface area contributed by atoms with Crippen LogP contribution in [-0.2, 0) is 0 Å². The van der Waals surface area contributed by atoms with Crippen LogP contribution in [0.3, 0.4) is 0 Å². The van der Waals surface area contributed by atoms with Crippen molar-refractivity contribution < 1.29 is 0 Å². The highest BCUT2D eigenvalue weighted by Gasteiger charge is 2.17. The Morgan fingerprint density at radius 1 is 1.19 bits per heavy atom. The fraction of sp³-hybridized carbons (Fsp3) is 0.923. The summed E-state index contributed by atoms with van der Waals surface area (Å²) in [5.41, 5.74) is 5.17. The second kappa shape index (κ2) is 6.88. The van der Waals surface area contributed by atoms with Crippen LogP contribution in [0.2, 0.25) is 0 Å². The number of likely N-dealkylation sites (tertiary alicyclic amines) is 1. The molecule has 0 aromatic rings. The van der Waals surface area contributed by atoms with Gasteiger partial charge in [-0.15, -0.1) is 0 Å². The third kappa shape index (κ3) is 5.48. The number of hydrogen-bond donors (Lipinski definition) is 1. The first-order valence-corrected chi connectivity index (χ1v) is 6.56. The first-order chi connectivity index (χ1) is 7.64. The van der Waals surface area contributed by atoms with Gasteiger partial charge >= 0.3 is 0 Å². The Morgan fingerprint density at radius 3 is 2.31 bits per heavy atom. The quantitative estimate of drug-likeness (QED) is 0.795. The number of nitrogens with zero attached hydrogens (tertiary/aromatic N) is 2. The molecule has 3 heteroatoms. The Morgan fingerprint density at radius 2 is 1.75 bits per heavy atom. The molecule has 1 atom stereocenters. The highest BCUT2D eigenvalue weighted by molar-refractivity contribution is 5.00. The second-order valence-electron chi connectivity index (χ2n) is 5.24. The summed E-state index contributed by atoms with van der Waals surface area (Å²) in [7, 11) is 0. The van der Waals surface area contributed by atoms with E-state index in [1.54, 1.807) is 0 Å². The predicted octanol–water partition coefficient (Wildman–Crippen LogP) is 2.27. The van der Waals surface area contributed by atoms with E-state index < -0.39 is 5.54 Å². The van der Waals surface area contributed by atoms with E-state index in [9.17, 15) is 0 Å². The zero-order chi connectivity index (χ0) is 11.9. The summed E-state index contributed by atoms with van der Waals surface area (Å²) in [6, 6.07) is 2.16. The van der Waals surface area contributed by atoms with Gasteiger partial charge in [0.05, 0.1) is 6.07 Å². The van der Waals surface area contributed by atoms with Gasteiger partial charge in [-0.05, 0) is 52.2 Å². The number of rotatable bonds is 4. The van der Waals surface area contributed by atoms with Gasteiger partial charge < -0.3 is 10.6 Å². The van der Waals surface area contributed by atoms with Gasteiger partial charge in [0, 0.05) is 0 Å². The molecule has 1 saturated heterocycles. The molecule has 16 heavy (non-hydrogen) atoms. The van der Waals surface area contributed by atoms with Crippen molar-refractivity contribution in [2.75, 3.05) is 19.6 Å². The van der Waals surface area contributed by atoms with Gasteiger partial charge in [0.15, 0.2) is 0 Å². The highest BCUT2D eigenvalue weighted by Crippen LogP contribution is 2.13. The lowest BCUT2D eigenvalue weighted by Crippen LogP contribution is -2.36. The van der Waals surface area contributed by atoms with Gasteiger partial charge in [-0.1, -0.05) is 19.3 Å². The van der Waals surface area contributed by atoms with Crippen LogP contribution in [0.15, 0.2) is 0 Å². The summed E-state index contributed by atoms with van der Waals surface area (Å²) >= 11 is 0. The van der Waals surface area contributed by atoms with Crippen LogP contribution in [0.4, 0.5) is 0 Å². The first kappa shape index (κ1) is 13.5. The van der Waals surface area contributed by atoms with Gasteiger partial charge in [-0.25, -0.2) is 0 Å². The van der Waals surface area contributed by atoms with Crippen LogP contribution in [0, 0.1) is 11.3 Å². The Kier molecular flexibility index (Phi) is 5.79. The fourth-order valence-corrected chi connectivity index (χ4v) is 2.26. The minimum atomic E-state index is -0.636. The molecular weight excluding hydrogens is 198 g/mol. The van der Waals surface area contributed by atoms with Gasteiger partial charge in [-0.2, -0.15) is 5.26 Å². The van der Waals surface area contributed by atoms with Crippen molar-refractivity contribution in [1.82, 2.24) is 4.90 Å². The molecule has 2 N–H and O–H groups in total. The molecule has 0 aromatic heterocycles. The normalized spacial score (nSPS) is 22.8. The average Bonchev–Trinajstić information content (AvgIpc) is 2.21. The van der Waals surface area contributed by atoms with Crippen molar-refractivity contribution in [2.45, 2.75) is 57.4 Å². The summed E-state index contributed by atoms with van der Waals surface area (Å²) in [4.78, 5) is 2.53. The van der Waals surface area contributed by atoms with E-state index in [0.29, 0.717) is 0 Å². The lowest BCUT2D eigenvalue weighted by atomic mass is 9.99. The molecule has 1 aliphatic heterocycles. The van der Waals surface area contributed by atoms with Gasteiger partial charge in [0.25, 0.3) is 0 Å². The minimum absolute atomic E-state index is 0.636. The second-order valence-corrected chi connectivity index (χ2v) is 5.24. The van der Waals surface area contributed by atoms with Gasteiger partial charge in [0.2, 0.25) is 0 Å². The maximum Gasteiger partial charge on any atom is 0.101 e. The molecule has 0 saturated carbocycles. The summed E-state index contributed by atoms with van der Waals surface area (Å²) in [6.45, 7) is 5.39. The molecule has 1 unspecified atom stereocenters. The van der Waals surface area contributed by atoms with E-state index in [2.05, 4.69) is 11.0 Å². The topological polar surface area (TPSA) is 53.1 Å². The monoisotopic (exact) mass is 223 g/mol. The molecule has 1 aliphatic rings. The molecule has 0 amide bonds. The van der Waals surface area contributed by atoms with Crippen LogP contribution < -0.4 is 5.73 Å². The van der Waals surface area contributed by atoms with E-state index in [1.165, 1.54) is 45.2 Å². The Balaban J connectivity index is 2.18. The van der Waals surface area contributed by atoms with Crippen molar-refractivity contribution >= 4 is 0 Å². The van der Waals surface area contributed by atoms with Crippen LogP contribution in [-0.4, -0.2) is 30.1 Å². The number of hydrogen-bond acceptors (Lipinski definition) is 3. The van der Waals surface area contributed by atoms with Gasteiger partial charge in [-0.3, -0.25) is 0 Å². The zero-order valence-electron chi connectivity index (χ0n) is 10.5. The van der Waals surface area contributed by atoms with Crippen molar-refractivity contribution in [3.63, 3.8) is 0 Å². The molecular formula is C13H25N3. The zero-order valence-corrected chi connectivity index (χ0v) is 10.5. The number of nitriles is 1. The molecule has 0 aliphatic carbocycles. The SMILES string of the molecule is CC(N)(C#N)CCCN1CCCCCCC1. The molecule has 0 radical (unpaired) electrons. The molecule has 0 bridgehead atoms. The van der Waals surface area contributed by atoms with Crippen LogP contribution in [0.25, 0.3) is 0 Å². The molecule has 92 valence electrons. The van der Waals surface area contributed by atoms with E-state index >= 15 is 0 Å². The minimum Gasteiger partial charge on any atom is -0.314 e. The summed E-state index contributed by atoms with van der Waals surface area (Å²) in [5.74, 6) is 0. The summed E-state index contributed by atoms with van der Waals surface area (Å²) < 4.78 is 0. The van der Waals surface area contributed by atoms with Crippen molar-refractivity contribution in [3.8, 4) is 6.07 Å². The van der Waals surface area contributed by atoms with Crippen LogP contribution >= 0.6 is 0 Å². The fourth-order valence-electron chi connectivity index (χ4n) is 2.26. The third-order valence-electron chi connectivity index (χ3n) is 3.37. The predicted molar refractivity (Wildman–Crippen MR) is 67.0 cm³/mol. The van der Waals surface area contributed by atoms with Crippen LogP contribution in [0.5, 0.6) is 0 Å². The van der Waals surface area contributed by atoms with Crippen LogP contribution in [0.1, 0.15) is 51.9 Å². The molecule has 0 aromatic carbocycles. The van der Waals surface area contributed by atoms with Crippen molar-refractivity contribution in [3.05, 3.63) is 0 Å². The Hall–Kier alpha value is -0.590. The van der Waals surface area contributed by atoms with Crippen molar-refractivity contribution in [2.24, 2.45) is 5.73 Å². The Bertz CT molecular complexity index is 222. The lowest BCUT2D eigenvalue weighted by molar-refractivity contribution is 0.239. The van der Waals surface area contributed by atoms with E-state index in [4.69, 9.17) is 11.0 Å². The average molecular weight is 223 g/mol. The maximum atomic E-state index is 8.82. The van der Waals surface area contributed by atoms with E-state index in [-0.39, 0.29) is 0 Å². The van der Waals surface area contributed by atoms with E-state index in [1.807, 2.05) is 6.92 Å². The molecule has 1 fully saturated rings. The highest BCUT2D eigenvalue weighted by atomic mass is 15.1. The molecule has 0 spiro atoms. The summed E-state index contributed by atoms with van der Waals surface area (Å²) in [6.07, 6.45) is 8.67. The third-order valence-corrected chi connectivity index (χ3v) is 3.37. The lowest BCUT2D eigenvalue weighted by Gasteiger charge is -2.25. The molecule has 1 heterocycles. The molecule has 1 rings (SSSR count). The van der Waals surface area contributed by atoms with E-state index in [0.717, 1.165) is 19.4 Å².